The fourth-order valence-corrected chi connectivity index (χ4v) is 3.51. The van der Waals surface area contributed by atoms with E-state index in [1.165, 1.54) is 13.0 Å². The first-order valence-electron chi connectivity index (χ1n) is 11.3. The molecule has 0 spiro atoms. The van der Waals surface area contributed by atoms with Crippen molar-refractivity contribution >= 4 is 11.8 Å². The van der Waals surface area contributed by atoms with Crippen LogP contribution in [0.4, 0.5) is 13.2 Å². The average molecular weight is 468 g/mol. The maximum atomic E-state index is 13.2. The van der Waals surface area contributed by atoms with E-state index < -0.39 is 11.7 Å². The number of rotatable bonds is 13. The second-order valence-corrected chi connectivity index (χ2v) is 7.96. The molecule has 2 N–H and O–H groups in total. The van der Waals surface area contributed by atoms with Crippen LogP contribution in [0.15, 0.2) is 59.1 Å². The molecule has 0 unspecified atom stereocenters. The van der Waals surface area contributed by atoms with Gasteiger partial charge in [-0.15, -0.1) is 0 Å². The predicted octanol–water partition coefficient (Wildman–Crippen LogP) is 5.65. The molecule has 1 aliphatic heterocycles. The summed E-state index contributed by atoms with van der Waals surface area (Å²) in [5.74, 6) is -0.211. The van der Waals surface area contributed by atoms with Gasteiger partial charge in [0.1, 0.15) is 0 Å². The summed E-state index contributed by atoms with van der Waals surface area (Å²) in [4.78, 5) is 25.5. The van der Waals surface area contributed by atoms with Gasteiger partial charge < -0.3 is 15.5 Å². The van der Waals surface area contributed by atoms with Crippen LogP contribution < -0.4 is 10.6 Å². The first kappa shape index (κ1) is 28.3. The SMILES string of the molecule is C=C(/C=C\CC1=C(C)NC(=O)C1)NC(=O)CCCN(CCC)C(=C/C)/C=C(\CC)C(F)(F)F. The maximum Gasteiger partial charge on any atom is 0.412 e. The first-order chi connectivity index (χ1) is 15.5. The van der Waals surface area contributed by atoms with Crippen LogP contribution in [-0.4, -0.2) is 36.0 Å². The van der Waals surface area contributed by atoms with Crippen molar-refractivity contribution in [1.82, 2.24) is 15.5 Å². The summed E-state index contributed by atoms with van der Waals surface area (Å²) in [6.07, 6.45) is 4.48. The molecule has 0 aliphatic carbocycles. The van der Waals surface area contributed by atoms with Gasteiger partial charge in [-0.2, -0.15) is 13.2 Å². The number of nitrogens with one attached hydrogen (secondary N) is 2. The molecule has 1 heterocycles. The maximum absolute atomic E-state index is 13.2. The number of hydrogen-bond donors (Lipinski definition) is 2. The second kappa shape index (κ2) is 13.7. The van der Waals surface area contributed by atoms with Crippen LogP contribution in [0.1, 0.15) is 66.2 Å². The number of amides is 2. The highest BCUT2D eigenvalue weighted by Crippen LogP contribution is 2.29. The van der Waals surface area contributed by atoms with Crippen molar-refractivity contribution in [1.29, 1.82) is 0 Å². The molecule has 8 heteroatoms. The number of carbonyl (C=O) groups excluding carboxylic acids is 2. The molecule has 0 aromatic carbocycles. The third-order valence-corrected chi connectivity index (χ3v) is 5.27. The Balaban J connectivity index is 2.57. The molecule has 0 aromatic heterocycles. The molecule has 2 amide bonds. The van der Waals surface area contributed by atoms with Crippen LogP contribution in [-0.2, 0) is 9.59 Å². The molecule has 33 heavy (non-hydrogen) atoms. The summed E-state index contributed by atoms with van der Waals surface area (Å²) in [5.41, 5.74) is 2.28. The summed E-state index contributed by atoms with van der Waals surface area (Å²) in [6.45, 7) is 11.9. The van der Waals surface area contributed by atoms with E-state index in [9.17, 15) is 22.8 Å². The van der Waals surface area contributed by atoms with E-state index in [2.05, 4.69) is 17.2 Å². The van der Waals surface area contributed by atoms with E-state index in [-0.39, 0.29) is 24.7 Å². The number of hydrogen-bond acceptors (Lipinski definition) is 3. The van der Waals surface area contributed by atoms with Gasteiger partial charge in [0.05, 0.1) is 6.42 Å². The van der Waals surface area contributed by atoms with Crippen molar-refractivity contribution in [3.8, 4) is 0 Å². The minimum absolute atomic E-state index is 0.0129. The molecule has 0 bridgehead atoms. The minimum atomic E-state index is -4.35. The summed E-state index contributed by atoms with van der Waals surface area (Å²) in [7, 11) is 0. The van der Waals surface area contributed by atoms with Crippen LogP contribution in [0.5, 0.6) is 0 Å². The Hall–Kier alpha value is -2.77. The highest BCUT2D eigenvalue weighted by atomic mass is 19.4. The molecule has 0 saturated heterocycles. The average Bonchev–Trinajstić information content (AvgIpc) is 3.04. The smallest absolute Gasteiger partial charge is 0.372 e. The molecule has 0 aromatic rings. The summed E-state index contributed by atoms with van der Waals surface area (Å²) >= 11 is 0. The normalized spacial score (nSPS) is 15.3. The summed E-state index contributed by atoms with van der Waals surface area (Å²) in [5, 5.41) is 5.48. The van der Waals surface area contributed by atoms with Gasteiger partial charge in [0.2, 0.25) is 11.8 Å². The van der Waals surface area contributed by atoms with Crippen LogP contribution in [0.3, 0.4) is 0 Å². The summed E-state index contributed by atoms with van der Waals surface area (Å²) < 4.78 is 39.5. The van der Waals surface area contributed by atoms with E-state index in [0.29, 0.717) is 43.7 Å². The molecule has 1 rings (SSSR count). The van der Waals surface area contributed by atoms with Gasteiger partial charge in [0.15, 0.2) is 0 Å². The quantitative estimate of drug-likeness (QED) is 0.344. The molecular formula is C25H36F3N3O2. The van der Waals surface area contributed by atoms with Gasteiger partial charge in [-0.1, -0.05) is 32.6 Å². The Kier molecular flexibility index (Phi) is 11.7. The number of allylic oxidation sites excluding steroid dienone is 6. The molecular weight excluding hydrogens is 431 g/mol. The fraction of sp³-hybridized carbons (Fsp3) is 0.520. The van der Waals surface area contributed by atoms with Crippen LogP contribution in [0.25, 0.3) is 0 Å². The Morgan fingerprint density at radius 1 is 1.27 bits per heavy atom. The number of alkyl halides is 3. The van der Waals surface area contributed by atoms with Gasteiger partial charge >= 0.3 is 6.18 Å². The van der Waals surface area contributed by atoms with Gasteiger partial charge in [0.25, 0.3) is 0 Å². The third kappa shape index (κ3) is 10.1. The van der Waals surface area contributed by atoms with Crippen molar-refractivity contribution in [2.75, 3.05) is 13.1 Å². The minimum Gasteiger partial charge on any atom is -0.372 e. The lowest BCUT2D eigenvalue weighted by molar-refractivity contribution is -0.120. The van der Waals surface area contributed by atoms with Crippen molar-refractivity contribution in [3.63, 3.8) is 0 Å². The van der Waals surface area contributed by atoms with Crippen molar-refractivity contribution in [2.45, 2.75) is 72.4 Å². The highest BCUT2D eigenvalue weighted by Gasteiger charge is 2.32. The fourth-order valence-electron chi connectivity index (χ4n) is 3.51. The molecule has 0 atom stereocenters. The van der Waals surface area contributed by atoms with Gasteiger partial charge in [-0.3, -0.25) is 9.59 Å². The highest BCUT2D eigenvalue weighted by molar-refractivity contribution is 5.84. The van der Waals surface area contributed by atoms with Crippen LogP contribution >= 0.6 is 0 Å². The lowest BCUT2D eigenvalue weighted by Crippen LogP contribution is -2.27. The lowest BCUT2D eigenvalue weighted by atomic mass is 10.1. The van der Waals surface area contributed by atoms with Gasteiger partial charge in [-0.25, -0.2) is 0 Å². The molecule has 0 radical (unpaired) electrons. The largest absolute Gasteiger partial charge is 0.412 e. The van der Waals surface area contributed by atoms with Gasteiger partial charge in [-0.05, 0) is 57.3 Å². The summed E-state index contributed by atoms with van der Waals surface area (Å²) in [6, 6.07) is 0. The third-order valence-electron chi connectivity index (χ3n) is 5.27. The van der Waals surface area contributed by atoms with E-state index in [0.717, 1.165) is 17.7 Å². The molecule has 184 valence electrons. The lowest BCUT2D eigenvalue weighted by Gasteiger charge is -2.26. The Bertz CT molecular complexity index is 836. The first-order valence-corrected chi connectivity index (χ1v) is 11.3. The monoisotopic (exact) mass is 467 g/mol. The van der Waals surface area contributed by atoms with Crippen LogP contribution in [0.2, 0.25) is 0 Å². The van der Waals surface area contributed by atoms with Crippen LogP contribution in [0, 0.1) is 0 Å². The van der Waals surface area contributed by atoms with E-state index in [1.807, 2.05) is 24.8 Å². The van der Waals surface area contributed by atoms with Gasteiger partial charge in [0, 0.05) is 42.2 Å². The Morgan fingerprint density at radius 2 is 1.97 bits per heavy atom. The predicted molar refractivity (Wildman–Crippen MR) is 126 cm³/mol. The van der Waals surface area contributed by atoms with Crippen molar-refractivity contribution < 1.29 is 22.8 Å². The number of nitrogens with zero attached hydrogens (tertiary/aromatic N) is 1. The standard InChI is InChI=1S/C25H36F3N3O2/c1-6-14-31(22(8-3)17-21(7-2)25(26,27)28)15-10-13-23(32)29-18(4)11-9-12-20-16-24(33)30-19(20)5/h8-9,11,17H,4,6-7,10,12-16H2,1-3,5H3,(H,29,32)(H,30,33)/b11-9-,21-17+,22-8+. The van der Waals surface area contributed by atoms with Crippen molar-refractivity contribution in [3.05, 3.63) is 59.1 Å². The van der Waals surface area contributed by atoms with E-state index >= 15 is 0 Å². The number of carbonyl (C=O) groups is 2. The van der Waals surface area contributed by atoms with Crippen molar-refractivity contribution in [2.24, 2.45) is 0 Å². The molecule has 0 fully saturated rings. The van der Waals surface area contributed by atoms with E-state index in [4.69, 9.17) is 0 Å². The number of halogens is 3. The zero-order valence-electron chi connectivity index (χ0n) is 20.1. The molecule has 5 nitrogen and oxygen atoms in total. The Morgan fingerprint density at radius 3 is 2.48 bits per heavy atom. The zero-order chi connectivity index (χ0) is 25.0. The Labute approximate surface area is 195 Å². The second-order valence-electron chi connectivity index (χ2n) is 7.96. The van der Waals surface area contributed by atoms with E-state index in [1.54, 1.807) is 19.1 Å². The molecule has 0 saturated carbocycles. The zero-order valence-corrected chi connectivity index (χ0v) is 20.1. The topological polar surface area (TPSA) is 61.4 Å². The molecule has 1 aliphatic rings.